The van der Waals surface area contributed by atoms with E-state index in [2.05, 4.69) is 97.3 Å². The van der Waals surface area contributed by atoms with E-state index in [1.807, 2.05) is 18.2 Å². The lowest BCUT2D eigenvalue weighted by Gasteiger charge is -2.36. The Balaban J connectivity index is 1.26. The average molecular weight is 654 g/mol. The smallest absolute Gasteiger partial charge is 0.346 e. The van der Waals surface area contributed by atoms with Crippen LogP contribution >= 0.6 is 11.8 Å². The highest BCUT2D eigenvalue weighted by Gasteiger charge is 2.42. The van der Waals surface area contributed by atoms with Crippen LogP contribution in [-0.4, -0.2) is 23.7 Å². The van der Waals surface area contributed by atoms with Crippen LogP contribution in [0.3, 0.4) is 0 Å². The first kappa shape index (κ1) is 32.1. The van der Waals surface area contributed by atoms with Crippen LogP contribution in [0.4, 0.5) is 22.7 Å². The van der Waals surface area contributed by atoms with E-state index < -0.39 is 5.97 Å². The standard InChI is InChI=1S/C42H43N3O2S/c1-4-6-8-28(5-2)26-44-38-18-13-29(21-32(25-43)42(46)47)22-40(38)48-41-24-31(15-20-39(41)44)30-14-19-37-35(23-30)34-9-7-10-36(34)45(37)33-16-11-27(3)12-17-33/h11-24,28,34,36H,4-10,26H2,1-3H3,(H,46,47)/b32-21-. The monoisotopic (exact) mass is 653 g/mol. The molecule has 1 aliphatic carbocycles. The van der Waals surface area contributed by atoms with Crippen molar-refractivity contribution in [2.45, 2.75) is 87.5 Å². The normalized spacial score (nSPS) is 18.5. The van der Waals surface area contributed by atoms with E-state index >= 15 is 0 Å². The molecule has 0 amide bonds. The number of fused-ring (bicyclic) bond motifs is 5. The van der Waals surface area contributed by atoms with Gasteiger partial charge in [-0.3, -0.25) is 0 Å². The number of benzene rings is 4. The van der Waals surface area contributed by atoms with Crippen molar-refractivity contribution in [1.29, 1.82) is 5.26 Å². The lowest BCUT2D eigenvalue weighted by molar-refractivity contribution is -0.132. The third kappa shape index (κ3) is 6.01. The van der Waals surface area contributed by atoms with Crippen LogP contribution in [-0.2, 0) is 4.79 Å². The number of rotatable bonds is 10. The predicted molar refractivity (Wildman–Crippen MR) is 198 cm³/mol. The molecule has 6 heteroatoms. The van der Waals surface area contributed by atoms with E-state index in [4.69, 9.17) is 0 Å². The molecule has 1 fully saturated rings. The van der Waals surface area contributed by atoms with E-state index in [-0.39, 0.29) is 5.57 Å². The van der Waals surface area contributed by atoms with E-state index in [0.717, 1.165) is 29.1 Å². The van der Waals surface area contributed by atoms with Crippen molar-refractivity contribution in [3.05, 3.63) is 101 Å². The van der Waals surface area contributed by atoms with Gasteiger partial charge in [0.1, 0.15) is 11.6 Å². The van der Waals surface area contributed by atoms with Crippen molar-refractivity contribution in [2.24, 2.45) is 5.92 Å². The van der Waals surface area contributed by atoms with Gasteiger partial charge in [0.05, 0.1) is 11.4 Å². The maximum Gasteiger partial charge on any atom is 0.346 e. The molecule has 3 atom stereocenters. The summed E-state index contributed by atoms with van der Waals surface area (Å²) in [5, 5.41) is 18.8. The third-order valence-corrected chi connectivity index (χ3v) is 11.6. The molecule has 7 rings (SSSR count). The van der Waals surface area contributed by atoms with Crippen LogP contribution in [0.25, 0.3) is 17.2 Å². The zero-order valence-electron chi connectivity index (χ0n) is 28.1. The number of nitrogens with zero attached hydrogens (tertiary/aromatic N) is 3. The number of aliphatic carboxylic acids is 1. The first-order valence-electron chi connectivity index (χ1n) is 17.5. The maximum absolute atomic E-state index is 11.6. The molecular weight excluding hydrogens is 611 g/mol. The van der Waals surface area contributed by atoms with Gasteiger partial charge in [-0.15, -0.1) is 0 Å². The molecule has 4 aromatic rings. The SMILES string of the molecule is CCCCC(CC)CN1c2ccc(/C=C(/C#N)C(=O)O)cc2Sc2cc(-c3ccc4c(c3)C3CCCC3N4c3ccc(C)cc3)ccc21. The van der Waals surface area contributed by atoms with Crippen molar-refractivity contribution < 1.29 is 9.90 Å². The molecule has 1 N–H and O–H groups in total. The Morgan fingerprint density at radius 1 is 0.958 bits per heavy atom. The largest absolute Gasteiger partial charge is 0.477 e. The summed E-state index contributed by atoms with van der Waals surface area (Å²) >= 11 is 1.74. The summed E-state index contributed by atoms with van der Waals surface area (Å²) in [6.07, 6.45) is 9.92. The Labute approximate surface area is 288 Å². The number of hydrogen-bond donors (Lipinski definition) is 1. The molecule has 0 aromatic heterocycles. The number of aryl methyl sites for hydroxylation is 1. The molecule has 2 aliphatic heterocycles. The predicted octanol–water partition coefficient (Wildman–Crippen LogP) is 11.3. The fourth-order valence-corrected chi connectivity index (χ4v) is 9.11. The van der Waals surface area contributed by atoms with Gasteiger partial charge in [-0.25, -0.2) is 4.79 Å². The Hall–Kier alpha value is -4.47. The van der Waals surface area contributed by atoms with Crippen LogP contribution in [0.5, 0.6) is 0 Å². The molecule has 3 aliphatic rings. The second-order valence-corrected chi connectivity index (χ2v) is 14.7. The third-order valence-electron chi connectivity index (χ3n) is 10.5. The van der Waals surface area contributed by atoms with Crippen molar-refractivity contribution in [2.75, 3.05) is 16.3 Å². The summed E-state index contributed by atoms with van der Waals surface area (Å²) in [7, 11) is 0. The minimum Gasteiger partial charge on any atom is -0.477 e. The van der Waals surface area contributed by atoms with E-state index in [1.54, 1.807) is 11.8 Å². The Kier molecular flexibility index (Phi) is 9.07. The van der Waals surface area contributed by atoms with Crippen molar-refractivity contribution in [3.63, 3.8) is 0 Å². The first-order chi connectivity index (χ1) is 23.4. The maximum atomic E-state index is 11.6. The van der Waals surface area contributed by atoms with Gasteiger partial charge in [0, 0.05) is 39.7 Å². The molecule has 2 heterocycles. The second-order valence-electron chi connectivity index (χ2n) is 13.6. The second kappa shape index (κ2) is 13.6. The highest BCUT2D eigenvalue weighted by molar-refractivity contribution is 7.99. The fraction of sp³-hybridized carbons (Fsp3) is 0.333. The summed E-state index contributed by atoms with van der Waals surface area (Å²) < 4.78 is 0. The highest BCUT2D eigenvalue weighted by atomic mass is 32.2. The lowest BCUT2D eigenvalue weighted by atomic mass is 9.93. The van der Waals surface area contributed by atoms with Gasteiger partial charge < -0.3 is 14.9 Å². The number of unbranched alkanes of at least 4 members (excludes halogenated alkanes) is 1. The fourth-order valence-electron chi connectivity index (χ4n) is 7.93. The molecular formula is C42H43N3O2S. The first-order valence-corrected chi connectivity index (χ1v) is 18.3. The Bertz CT molecular complexity index is 1920. The van der Waals surface area contributed by atoms with Gasteiger partial charge in [0.15, 0.2) is 0 Å². The average Bonchev–Trinajstić information content (AvgIpc) is 3.69. The lowest BCUT2D eigenvalue weighted by Crippen LogP contribution is -2.27. The van der Waals surface area contributed by atoms with Crippen LogP contribution in [0.1, 0.15) is 81.4 Å². The Morgan fingerprint density at radius 3 is 2.38 bits per heavy atom. The van der Waals surface area contributed by atoms with Crippen LogP contribution < -0.4 is 9.80 Å². The van der Waals surface area contributed by atoms with Gasteiger partial charge in [-0.1, -0.05) is 87.2 Å². The molecule has 3 unspecified atom stereocenters. The van der Waals surface area contributed by atoms with Gasteiger partial charge in [0.2, 0.25) is 0 Å². The van der Waals surface area contributed by atoms with E-state index in [0.29, 0.717) is 17.9 Å². The summed E-state index contributed by atoms with van der Waals surface area (Å²) in [6.45, 7) is 7.62. The number of anilines is 4. The van der Waals surface area contributed by atoms with Gasteiger partial charge >= 0.3 is 5.97 Å². The van der Waals surface area contributed by atoms with Gasteiger partial charge in [-0.2, -0.15) is 5.26 Å². The van der Waals surface area contributed by atoms with E-state index in [1.165, 1.54) is 88.8 Å². The van der Waals surface area contributed by atoms with Crippen molar-refractivity contribution in [1.82, 2.24) is 0 Å². The molecule has 0 bridgehead atoms. The number of carboxylic acids is 1. The molecule has 5 nitrogen and oxygen atoms in total. The van der Waals surface area contributed by atoms with Crippen LogP contribution in [0.15, 0.2) is 94.2 Å². The molecule has 0 radical (unpaired) electrons. The minimum absolute atomic E-state index is 0.261. The van der Waals surface area contributed by atoms with Crippen LogP contribution in [0, 0.1) is 24.2 Å². The highest BCUT2D eigenvalue weighted by Crippen LogP contribution is 2.54. The van der Waals surface area contributed by atoms with Crippen LogP contribution in [0.2, 0.25) is 0 Å². The summed E-state index contributed by atoms with van der Waals surface area (Å²) in [6, 6.07) is 31.4. The van der Waals surface area contributed by atoms with Crippen molar-refractivity contribution >= 4 is 46.6 Å². The molecule has 48 heavy (non-hydrogen) atoms. The van der Waals surface area contributed by atoms with Gasteiger partial charge in [-0.05, 0) is 109 Å². The number of nitriles is 1. The quantitative estimate of drug-likeness (QED) is 0.136. The summed E-state index contributed by atoms with van der Waals surface area (Å²) in [5.74, 6) is -0.0838. The van der Waals surface area contributed by atoms with E-state index in [9.17, 15) is 15.2 Å². The Morgan fingerprint density at radius 2 is 1.67 bits per heavy atom. The molecule has 0 saturated heterocycles. The topological polar surface area (TPSA) is 67.6 Å². The molecule has 244 valence electrons. The molecule has 0 spiro atoms. The zero-order chi connectivity index (χ0) is 33.4. The minimum atomic E-state index is -1.21. The van der Waals surface area contributed by atoms with Crippen molar-refractivity contribution in [3.8, 4) is 17.2 Å². The summed E-state index contributed by atoms with van der Waals surface area (Å²) in [4.78, 5) is 18.9. The number of carboxylic acid groups (broad SMARTS) is 1. The van der Waals surface area contributed by atoms with Gasteiger partial charge in [0.25, 0.3) is 0 Å². The molecule has 4 aromatic carbocycles. The summed E-state index contributed by atoms with van der Waals surface area (Å²) in [5.41, 5.74) is 10.7. The zero-order valence-corrected chi connectivity index (χ0v) is 28.9. The number of carbonyl (C=O) groups is 1. The molecule has 1 saturated carbocycles. The number of hydrogen-bond acceptors (Lipinski definition) is 5.